The summed E-state index contributed by atoms with van der Waals surface area (Å²) in [6, 6.07) is 10.3. The molecule has 0 saturated carbocycles. The van der Waals surface area contributed by atoms with Crippen molar-refractivity contribution in [2.24, 2.45) is 0 Å². The molecule has 0 bridgehead atoms. The second-order valence-corrected chi connectivity index (χ2v) is 4.53. The minimum absolute atomic E-state index is 0.187. The Labute approximate surface area is 111 Å². The fourth-order valence-electron chi connectivity index (χ4n) is 1.35. The molecule has 0 aliphatic carbocycles. The van der Waals surface area contributed by atoms with Gasteiger partial charge in [-0.1, -0.05) is 28.1 Å². The van der Waals surface area contributed by atoms with Gasteiger partial charge in [-0.3, -0.25) is 9.59 Å². The van der Waals surface area contributed by atoms with Crippen LogP contribution in [0.1, 0.15) is 16.1 Å². The molecule has 0 atom stereocenters. The first-order valence-electron chi connectivity index (χ1n) is 5.23. The zero-order chi connectivity index (χ0) is 13.0. The number of hydrogen-bond acceptors (Lipinski definition) is 3. The summed E-state index contributed by atoms with van der Waals surface area (Å²) >= 11 is 3.34. The lowest BCUT2D eigenvalue weighted by molar-refractivity contribution is 0.0945. The van der Waals surface area contributed by atoms with Gasteiger partial charge in [0.15, 0.2) is 0 Å². The third-order valence-electron chi connectivity index (χ3n) is 2.28. The van der Waals surface area contributed by atoms with E-state index in [4.69, 9.17) is 0 Å². The molecule has 0 fully saturated rings. The van der Waals surface area contributed by atoms with Gasteiger partial charge in [0, 0.05) is 17.1 Å². The lowest BCUT2D eigenvalue weighted by atomic mass is 10.2. The van der Waals surface area contributed by atoms with E-state index in [9.17, 15) is 9.59 Å². The molecular weight excluding hydrogens is 298 g/mol. The first kappa shape index (κ1) is 12.5. The van der Waals surface area contributed by atoms with Crippen LogP contribution in [0.4, 0.5) is 0 Å². The van der Waals surface area contributed by atoms with Crippen molar-refractivity contribution in [1.29, 1.82) is 0 Å². The third kappa shape index (κ3) is 3.27. The molecule has 0 spiro atoms. The maximum atomic E-state index is 11.7. The second kappa shape index (κ2) is 5.59. The predicted molar refractivity (Wildman–Crippen MR) is 70.2 cm³/mol. The van der Waals surface area contributed by atoms with Gasteiger partial charge in [0.2, 0.25) is 0 Å². The molecule has 2 N–H and O–H groups in total. The normalized spacial score (nSPS) is 10.1. The molecule has 5 nitrogen and oxygen atoms in total. The summed E-state index contributed by atoms with van der Waals surface area (Å²) in [7, 11) is 0. The van der Waals surface area contributed by atoms with Crippen LogP contribution in [0, 0.1) is 0 Å². The maximum absolute atomic E-state index is 11.7. The average molecular weight is 308 g/mol. The van der Waals surface area contributed by atoms with E-state index in [0.29, 0.717) is 6.54 Å². The van der Waals surface area contributed by atoms with E-state index in [0.717, 1.165) is 10.0 Å². The molecule has 2 rings (SSSR count). The molecule has 1 aromatic heterocycles. The van der Waals surface area contributed by atoms with E-state index in [1.54, 1.807) is 0 Å². The molecule has 6 heteroatoms. The SMILES string of the molecule is O=C(NCc1ccc(Br)cc1)c1ccc(=O)[nH]n1. The third-order valence-corrected chi connectivity index (χ3v) is 2.81. The summed E-state index contributed by atoms with van der Waals surface area (Å²) in [5.41, 5.74) is 0.835. The summed E-state index contributed by atoms with van der Waals surface area (Å²) in [6.07, 6.45) is 0. The fraction of sp³-hybridized carbons (Fsp3) is 0.0833. The molecule has 1 aromatic carbocycles. The monoisotopic (exact) mass is 307 g/mol. The number of halogens is 1. The van der Waals surface area contributed by atoms with Gasteiger partial charge in [0.05, 0.1) is 0 Å². The zero-order valence-corrected chi connectivity index (χ0v) is 10.9. The minimum Gasteiger partial charge on any atom is -0.347 e. The average Bonchev–Trinajstić information content (AvgIpc) is 2.38. The summed E-state index contributed by atoms with van der Waals surface area (Å²) < 4.78 is 0.986. The Balaban J connectivity index is 1.98. The Morgan fingerprint density at radius 1 is 1.22 bits per heavy atom. The molecule has 0 saturated heterocycles. The largest absolute Gasteiger partial charge is 0.347 e. The summed E-state index contributed by atoms with van der Waals surface area (Å²) in [4.78, 5) is 22.5. The number of amides is 1. The summed E-state index contributed by atoms with van der Waals surface area (Å²) in [5.74, 6) is -0.325. The molecule has 92 valence electrons. The van der Waals surface area contributed by atoms with Crippen LogP contribution >= 0.6 is 15.9 Å². The lowest BCUT2D eigenvalue weighted by Gasteiger charge is -2.04. The minimum atomic E-state index is -0.334. The van der Waals surface area contributed by atoms with Crippen LogP contribution in [0.25, 0.3) is 0 Å². The number of aromatic amines is 1. The highest BCUT2D eigenvalue weighted by molar-refractivity contribution is 9.10. The Kier molecular flexibility index (Phi) is 3.88. The molecule has 0 radical (unpaired) electrons. The quantitative estimate of drug-likeness (QED) is 0.901. The number of benzene rings is 1. The van der Waals surface area contributed by atoms with Crippen molar-refractivity contribution in [3.63, 3.8) is 0 Å². The van der Waals surface area contributed by atoms with Gasteiger partial charge in [-0.05, 0) is 23.8 Å². The van der Waals surface area contributed by atoms with Gasteiger partial charge in [0.1, 0.15) is 5.69 Å². The first-order chi connectivity index (χ1) is 8.65. The van der Waals surface area contributed by atoms with Gasteiger partial charge >= 0.3 is 0 Å². The Morgan fingerprint density at radius 3 is 2.56 bits per heavy atom. The number of aromatic nitrogens is 2. The Morgan fingerprint density at radius 2 is 1.94 bits per heavy atom. The van der Waals surface area contributed by atoms with Gasteiger partial charge in [0.25, 0.3) is 11.5 Å². The molecule has 18 heavy (non-hydrogen) atoms. The van der Waals surface area contributed by atoms with Crippen LogP contribution in [0.15, 0.2) is 45.7 Å². The molecule has 1 amide bonds. The second-order valence-electron chi connectivity index (χ2n) is 3.62. The highest BCUT2D eigenvalue weighted by Gasteiger charge is 2.06. The summed E-state index contributed by atoms with van der Waals surface area (Å²) in [5, 5.41) is 8.58. The van der Waals surface area contributed by atoms with Crippen molar-refractivity contribution in [3.8, 4) is 0 Å². The molecule has 0 aliphatic rings. The van der Waals surface area contributed by atoms with E-state index in [1.807, 2.05) is 24.3 Å². The van der Waals surface area contributed by atoms with E-state index in [-0.39, 0.29) is 17.2 Å². The van der Waals surface area contributed by atoms with Crippen molar-refractivity contribution >= 4 is 21.8 Å². The van der Waals surface area contributed by atoms with Crippen LogP contribution in [0.2, 0.25) is 0 Å². The number of carbonyl (C=O) groups is 1. The topological polar surface area (TPSA) is 74.8 Å². The highest BCUT2D eigenvalue weighted by Crippen LogP contribution is 2.10. The first-order valence-corrected chi connectivity index (χ1v) is 6.03. The molecular formula is C12H10BrN3O2. The van der Waals surface area contributed by atoms with Crippen molar-refractivity contribution in [2.45, 2.75) is 6.54 Å². The molecule has 1 heterocycles. The van der Waals surface area contributed by atoms with E-state index >= 15 is 0 Å². The van der Waals surface area contributed by atoms with Gasteiger partial charge in [-0.25, -0.2) is 5.10 Å². The smallest absolute Gasteiger partial charge is 0.271 e. The van der Waals surface area contributed by atoms with E-state index in [2.05, 4.69) is 31.4 Å². The van der Waals surface area contributed by atoms with Crippen LogP contribution in [-0.2, 0) is 6.54 Å². The molecule has 2 aromatic rings. The number of H-pyrrole nitrogens is 1. The standard InChI is InChI=1S/C12H10BrN3O2/c13-9-3-1-8(2-4-9)7-14-12(18)10-5-6-11(17)16-15-10/h1-6H,7H2,(H,14,18)(H,16,17). The summed E-state index contributed by atoms with van der Waals surface area (Å²) in [6.45, 7) is 0.410. The Hall–Kier alpha value is -1.95. The van der Waals surface area contributed by atoms with Crippen molar-refractivity contribution in [2.75, 3.05) is 0 Å². The van der Waals surface area contributed by atoms with Gasteiger partial charge in [-0.2, -0.15) is 5.10 Å². The van der Waals surface area contributed by atoms with Gasteiger partial charge in [-0.15, -0.1) is 0 Å². The van der Waals surface area contributed by atoms with Crippen molar-refractivity contribution in [3.05, 3.63) is 62.5 Å². The van der Waals surface area contributed by atoms with Crippen LogP contribution < -0.4 is 10.9 Å². The lowest BCUT2D eigenvalue weighted by Crippen LogP contribution is -2.25. The number of rotatable bonds is 3. The number of nitrogens with zero attached hydrogens (tertiary/aromatic N) is 1. The van der Waals surface area contributed by atoms with E-state index in [1.165, 1.54) is 12.1 Å². The number of hydrogen-bond donors (Lipinski definition) is 2. The van der Waals surface area contributed by atoms with Crippen LogP contribution in [0.5, 0.6) is 0 Å². The maximum Gasteiger partial charge on any atom is 0.271 e. The highest BCUT2D eigenvalue weighted by atomic mass is 79.9. The van der Waals surface area contributed by atoms with E-state index < -0.39 is 0 Å². The van der Waals surface area contributed by atoms with Crippen LogP contribution in [-0.4, -0.2) is 16.1 Å². The zero-order valence-electron chi connectivity index (χ0n) is 9.31. The Bertz CT molecular complexity index is 587. The number of carbonyl (C=O) groups excluding carboxylic acids is 1. The van der Waals surface area contributed by atoms with Crippen LogP contribution in [0.3, 0.4) is 0 Å². The fourth-order valence-corrected chi connectivity index (χ4v) is 1.61. The van der Waals surface area contributed by atoms with Crippen molar-refractivity contribution < 1.29 is 4.79 Å². The number of nitrogens with one attached hydrogen (secondary N) is 2. The van der Waals surface area contributed by atoms with Gasteiger partial charge < -0.3 is 5.32 Å². The predicted octanol–water partition coefficient (Wildman–Crippen LogP) is 1.46. The molecule has 0 aliphatic heterocycles. The molecule has 0 unspecified atom stereocenters. The van der Waals surface area contributed by atoms with Crippen molar-refractivity contribution in [1.82, 2.24) is 15.5 Å².